The third kappa shape index (κ3) is 14.4. The normalized spacial score (nSPS) is 14.2. The molecule has 1 aromatic carbocycles. The molecule has 0 radical (unpaired) electrons. The lowest BCUT2D eigenvalue weighted by atomic mass is 9.86. The van der Waals surface area contributed by atoms with E-state index in [9.17, 15) is 9.59 Å². The lowest BCUT2D eigenvalue weighted by Gasteiger charge is -2.36. The Morgan fingerprint density at radius 2 is 1.73 bits per heavy atom. The number of thiophene rings is 1. The van der Waals surface area contributed by atoms with Crippen molar-refractivity contribution in [3.8, 4) is 17.3 Å². The summed E-state index contributed by atoms with van der Waals surface area (Å²) in [6.45, 7) is 20.9. The van der Waals surface area contributed by atoms with Crippen LogP contribution in [-0.2, 0) is 21.0 Å². The minimum absolute atomic E-state index is 0.0256. The van der Waals surface area contributed by atoms with Crippen molar-refractivity contribution in [1.29, 1.82) is 0 Å². The first-order valence-electron chi connectivity index (χ1n) is 19.0. The van der Waals surface area contributed by atoms with Gasteiger partial charge in [0.05, 0.1) is 18.2 Å². The third-order valence-electron chi connectivity index (χ3n) is 9.03. The molecule has 2 unspecified atom stereocenters. The predicted octanol–water partition coefficient (Wildman–Crippen LogP) is 9.91. The molecule has 4 rings (SSSR count). The number of aryl methyl sites for hydroxylation is 2. The molecule has 56 heavy (non-hydrogen) atoms. The number of hydroxylamine groups is 3. The molecule has 2 N–H and O–H groups in total. The number of carbonyl (C=O) groups is 2. The van der Waals surface area contributed by atoms with Crippen molar-refractivity contribution in [2.75, 3.05) is 20.7 Å². The fourth-order valence-corrected chi connectivity index (χ4v) is 9.03. The topological polar surface area (TPSA) is 110 Å². The fourth-order valence-electron chi connectivity index (χ4n) is 6.62. The van der Waals surface area contributed by atoms with Crippen molar-refractivity contribution in [1.82, 2.24) is 25.4 Å². The van der Waals surface area contributed by atoms with Gasteiger partial charge < -0.3 is 10.6 Å². The van der Waals surface area contributed by atoms with Gasteiger partial charge in [0.25, 0.3) is 0 Å². The Labute approximate surface area is 357 Å². The summed E-state index contributed by atoms with van der Waals surface area (Å²) in [5.74, 6) is 4.31. The van der Waals surface area contributed by atoms with Crippen molar-refractivity contribution in [2.24, 2.45) is 4.99 Å². The molecule has 0 saturated heterocycles. The standard InChI is InChI=1S/C23H39BrClN3O3.C17H15ClN4S.C2H6/c1-9-10-11-15-28(7,31-8)20(24)16-19(25)13-12-14-21(30)27-23(5,6)17-22(3,4)26-18(2)29;1-9-10(2)23-17-15(9)16(12-4-6-13(18)7-5-12)19-8-14-21-20-11(3)22(14)17;1-2/h1,16,19H,10-15,17H2,2-8H3,(H-,26,27,29,30);4-7H,8H2,1-3H3;1-2H3/p+1/b20-16+;;. The van der Waals surface area contributed by atoms with E-state index in [1.54, 1.807) is 18.4 Å². The summed E-state index contributed by atoms with van der Waals surface area (Å²) in [5, 5.41) is 16.1. The van der Waals surface area contributed by atoms with Gasteiger partial charge in [-0.3, -0.25) is 19.1 Å². The van der Waals surface area contributed by atoms with E-state index in [0.29, 0.717) is 38.6 Å². The second-order valence-corrected chi connectivity index (χ2v) is 18.0. The number of unbranched alkanes of at least 4 members (excludes halogenated alkanes) is 1. The summed E-state index contributed by atoms with van der Waals surface area (Å²) in [6.07, 6.45) is 11.1. The van der Waals surface area contributed by atoms with E-state index in [0.717, 1.165) is 50.5 Å². The van der Waals surface area contributed by atoms with Gasteiger partial charge in [-0.05, 0) is 85.4 Å². The zero-order valence-electron chi connectivity index (χ0n) is 35.2. The maximum atomic E-state index is 12.4. The van der Waals surface area contributed by atoms with Crippen LogP contribution in [0.4, 0.5) is 0 Å². The van der Waals surface area contributed by atoms with Gasteiger partial charge in [0.1, 0.15) is 31.0 Å². The summed E-state index contributed by atoms with van der Waals surface area (Å²) in [7, 11) is 3.59. The number of halogens is 3. The van der Waals surface area contributed by atoms with E-state index in [1.165, 1.54) is 22.9 Å². The number of amides is 2. The Kier molecular flexibility index (Phi) is 19.5. The molecule has 0 fully saturated rings. The number of alkyl halides is 1. The SMILES string of the molecule is C#CCCC[N+](C)(OC)/C(Br)=C/C(Cl)CCCC(=O)NC(C)(C)CC(C)(C)NC(C)=O.CC.Cc1sc2c(c1C)C(c1ccc(Cl)cc1)=NCc1nnc(C)n1-2. The lowest BCUT2D eigenvalue weighted by molar-refractivity contribution is -1.05. The molecule has 3 aromatic rings. The van der Waals surface area contributed by atoms with Crippen LogP contribution in [0.5, 0.6) is 0 Å². The number of terminal acetylenes is 1. The largest absolute Gasteiger partial charge is 0.351 e. The number of hydrogen-bond acceptors (Lipinski definition) is 7. The zero-order chi connectivity index (χ0) is 42.4. The van der Waals surface area contributed by atoms with Crippen LogP contribution < -0.4 is 10.6 Å². The van der Waals surface area contributed by atoms with E-state index in [4.69, 9.17) is 39.5 Å². The van der Waals surface area contributed by atoms with Crippen LogP contribution in [0, 0.1) is 33.1 Å². The highest BCUT2D eigenvalue weighted by Crippen LogP contribution is 2.36. The minimum atomic E-state index is -0.442. The third-order valence-corrected chi connectivity index (χ3v) is 11.8. The van der Waals surface area contributed by atoms with E-state index in [-0.39, 0.29) is 21.8 Å². The Balaban J connectivity index is 0.000000381. The first-order chi connectivity index (χ1) is 26.2. The number of rotatable bonds is 15. The average Bonchev–Trinajstić information content (AvgIpc) is 3.56. The number of benzene rings is 1. The predicted molar refractivity (Wildman–Crippen MR) is 237 cm³/mol. The fraction of sp³-hybridized carbons (Fsp3) is 0.548. The van der Waals surface area contributed by atoms with Crippen LogP contribution in [-0.4, -0.2) is 74.1 Å². The Morgan fingerprint density at radius 3 is 2.32 bits per heavy atom. The number of nitrogens with one attached hydrogen (secondary N) is 2. The molecule has 0 aliphatic carbocycles. The first kappa shape index (κ1) is 49.1. The van der Waals surface area contributed by atoms with E-state index < -0.39 is 11.1 Å². The van der Waals surface area contributed by atoms with Crippen LogP contribution in [0.15, 0.2) is 39.9 Å². The Bertz CT molecular complexity index is 1880. The Hall–Kier alpha value is -3.05. The van der Waals surface area contributed by atoms with Gasteiger partial charge in [0, 0.05) is 80.3 Å². The molecule has 0 spiro atoms. The molecule has 3 heterocycles. The summed E-state index contributed by atoms with van der Waals surface area (Å²) in [5.41, 5.74) is 3.67. The minimum Gasteiger partial charge on any atom is -0.351 e. The highest BCUT2D eigenvalue weighted by Gasteiger charge is 2.31. The molecule has 308 valence electrons. The number of allylic oxidation sites excluding steroid dienone is 1. The summed E-state index contributed by atoms with van der Waals surface area (Å²) < 4.78 is 3.22. The van der Waals surface area contributed by atoms with Gasteiger partial charge >= 0.3 is 0 Å². The number of hydrogen-bond donors (Lipinski definition) is 2. The molecule has 2 aromatic heterocycles. The zero-order valence-corrected chi connectivity index (χ0v) is 39.1. The highest BCUT2D eigenvalue weighted by atomic mass is 79.9. The summed E-state index contributed by atoms with van der Waals surface area (Å²) in [6, 6.07) is 7.86. The summed E-state index contributed by atoms with van der Waals surface area (Å²) in [4.78, 5) is 35.5. The van der Waals surface area contributed by atoms with Crippen LogP contribution in [0.1, 0.15) is 120 Å². The smallest absolute Gasteiger partial charge is 0.220 e. The maximum Gasteiger partial charge on any atom is 0.220 e. The molecular weight excluding hydrogens is 833 g/mol. The van der Waals surface area contributed by atoms with Gasteiger partial charge in [-0.15, -0.1) is 50.1 Å². The number of nitrogens with zero attached hydrogens (tertiary/aromatic N) is 5. The van der Waals surface area contributed by atoms with Gasteiger partial charge in [-0.2, -0.15) is 0 Å². The molecule has 14 heteroatoms. The molecule has 0 saturated carbocycles. The van der Waals surface area contributed by atoms with Crippen molar-refractivity contribution >= 4 is 68.0 Å². The first-order valence-corrected chi connectivity index (χ1v) is 21.4. The maximum absolute atomic E-state index is 12.4. The molecule has 0 bridgehead atoms. The van der Waals surface area contributed by atoms with E-state index in [1.807, 2.05) is 85.9 Å². The molecule has 10 nitrogen and oxygen atoms in total. The van der Waals surface area contributed by atoms with Crippen LogP contribution in [0.25, 0.3) is 5.00 Å². The second kappa shape index (κ2) is 22.2. The number of aliphatic imine (C=N–C) groups is 1. The molecule has 1 aliphatic heterocycles. The van der Waals surface area contributed by atoms with Crippen molar-refractivity contribution in [2.45, 2.75) is 131 Å². The molecule has 2 atom stereocenters. The Morgan fingerprint density at radius 1 is 1.11 bits per heavy atom. The monoisotopic (exact) mass is 892 g/mol. The van der Waals surface area contributed by atoms with Gasteiger partial charge in [-0.1, -0.05) is 37.6 Å². The number of quaternary nitrogens is 1. The van der Waals surface area contributed by atoms with Gasteiger partial charge in [0.15, 0.2) is 5.82 Å². The van der Waals surface area contributed by atoms with Crippen LogP contribution in [0.3, 0.4) is 0 Å². The molecule has 1 aliphatic rings. The number of aromatic nitrogens is 3. The van der Waals surface area contributed by atoms with Crippen molar-refractivity contribution < 1.29 is 19.1 Å². The van der Waals surface area contributed by atoms with Gasteiger partial charge in [0.2, 0.25) is 16.4 Å². The van der Waals surface area contributed by atoms with Gasteiger partial charge in [-0.25, -0.2) is 4.84 Å². The van der Waals surface area contributed by atoms with E-state index in [2.05, 4.69) is 61.1 Å². The van der Waals surface area contributed by atoms with Crippen molar-refractivity contribution in [3.05, 3.63) is 73.2 Å². The second-order valence-electron chi connectivity index (χ2n) is 15.0. The molecule has 2 amide bonds. The highest BCUT2D eigenvalue weighted by molar-refractivity contribution is 9.11. The average molecular weight is 895 g/mol. The number of carbonyl (C=O) groups excluding carboxylic acids is 2. The van der Waals surface area contributed by atoms with Crippen LogP contribution >= 0.6 is 50.5 Å². The van der Waals surface area contributed by atoms with Crippen molar-refractivity contribution in [3.63, 3.8) is 0 Å². The summed E-state index contributed by atoms with van der Waals surface area (Å²) >= 11 is 17.9. The van der Waals surface area contributed by atoms with Crippen LogP contribution in [0.2, 0.25) is 5.02 Å². The molecular formula is C42H61BrCl2N7O3S+. The quantitative estimate of drug-likeness (QED) is 0.0395. The number of fused-ring (bicyclic) bond motifs is 3. The lowest BCUT2D eigenvalue weighted by Crippen LogP contribution is -2.53. The van der Waals surface area contributed by atoms with E-state index >= 15 is 0 Å².